The van der Waals surface area contributed by atoms with Crippen LogP contribution in [-0.4, -0.2) is 32.1 Å². The number of thioether (sulfide) groups is 1. The Bertz CT molecular complexity index is 478. The van der Waals surface area contributed by atoms with Gasteiger partial charge in [0.15, 0.2) is 5.16 Å². The van der Waals surface area contributed by atoms with E-state index in [4.69, 9.17) is 0 Å². The van der Waals surface area contributed by atoms with Gasteiger partial charge in [-0.1, -0.05) is 18.2 Å². The van der Waals surface area contributed by atoms with Crippen LogP contribution in [0, 0.1) is 17.2 Å². The van der Waals surface area contributed by atoms with Gasteiger partial charge >= 0.3 is 0 Å². The molecule has 1 aromatic rings. The van der Waals surface area contributed by atoms with E-state index in [9.17, 15) is 5.26 Å². The summed E-state index contributed by atoms with van der Waals surface area (Å²) in [6, 6.07) is 2.91. The summed E-state index contributed by atoms with van der Waals surface area (Å²) in [5.41, 5.74) is -0.325. The van der Waals surface area contributed by atoms with Gasteiger partial charge in [-0.05, 0) is 39.0 Å². The first-order valence-corrected chi connectivity index (χ1v) is 8.21. The highest BCUT2D eigenvalue weighted by molar-refractivity contribution is 7.99. The van der Waals surface area contributed by atoms with Crippen LogP contribution in [0.25, 0.3) is 0 Å². The van der Waals surface area contributed by atoms with E-state index in [2.05, 4.69) is 35.3 Å². The van der Waals surface area contributed by atoms with Crippen molar-refractivity contribution in [1.82, 2.24) is 20.1 Å². The average Bonchev–Trinajstić information content (AvgIpc) is 2.97. The van der Waals surface area contributed by atoms with Crippen LogP contribution < -0.4 is 5.32 Å². The van der Waals surface area contributed by atoms with Gasteiger partial charge in [-0.15, -0.1) is 0 Å². The Morgan fingerprint density at radius 2 is 2.45 bits per heavy atom. The van der Waals surface area contributed by atoms with Gasteiger partial charge in [-0.25, -0.2) is 9.67 Å². The monoisotopic (exact) mass is 293 g/mol. The van der Waals surface area contributed by atoms with Gasteiger partial charge in [0.25, 0.3) is 0 Å². The van der Waals surface area contributed by atoms with Crippen LogP contribution in [-0.2, 0) is 7.05 Å². The molecule has 0 bridgehead atoms. The van der Waals surface area contributed by atoms with Gasteiger partial charge in [0.1, 0.15) is 11.9 Å². The molecular formula is C14H23N5S. The summed E-state index contributed by atoms with van der Waals surface area (Å²) in [5, 5.41) is 18.1. The molecule has 2 rings (SSSR count). The molecule has 1 saturated carbocycles. The fraction of sp³-hybridized carbons (Fsp3) is 0.786. The third kappa shape index (κ3) is 3.33. The molecular weight excluding hydrogens is 270 g/mol. The number of nitriles is 1. The molecule has 1 aliphatic carbocycles. The number of hydrogen-bond donors (Lipinski definition) is 1. The maximum atomic E-state index is 9.62. The maximum Gasteiger partial charge on any atom is 0.185 e. The topological polar surface area (TPSA) is 66.5 Å². The fourth-order valence-corrected chi connectivity index (χ4v) is 4.00. The maximum absolute atomic E-state index is 9.62. The van der Waals surface area contributed by atoms with Crippen molar-refractivity contribution in [2.45, 2.75) is 56.3 Å². The van der Waals surface area contributed by atoms with E-state index < -0.39 is 0 Å². The smallest absolute Gasteiger partial charge is 0.185 e. The molecule has 110 valence electrons. The molecule has 0 saturated heterocycles. The van der Waals surface area contributed by atoms with Gasteiger partial charge in [0, 0.05) is 18.8 Å². The molecule has 1 aromatic heterocycles. The summed E-state index contributed by atoms with van der Waals surface area (Å²) in [4.78, 5) is 4.22. The van der Waals surface area contributed by atoms with Crippen LogP contribution in [0.2, 0.25) is 0 Å². The highest BCUT2D eigenvalue weighted by atomic mass is 32.2. The summed E-state index contributed by atoms with van der Waals surface area (Å²) >= 11 is 1.72. The Morgan fingerprint density at radius 1 is 1.65 bits per heavy atom. The number of hydrogen-bond acceptors (Lipinski definition) is 5. The lowest BCUT2D eigenvalue weighted by Gasteiger charge is -2.32. The van der Waals surface area contributed by atoms with Crippen molar-refractivity contribution in [3.8, 4) is 6.07 Å². The van der Waals surface area contributed by atoms with Crippen LogP contribution in [0.15, 0.2) is 11.5 Å². The van der Waals surface area contributed by atoms with E-state index in [1.165, 1.54) is 0 Å². The van der Waals surface area contributed by atoms with Crippen molar-refractivity contribution < 1.29 is 0 Å². The summed E-state index contributed by atoms with van der Waals surface area (Å²) in [6.45, 7) is 4.23. The molecule has 1 aliphatic rings. The highest BCUT2D eigenvalue weighted by Crippen LogP contribution is 2.39. The van der Waals surface area contributed by atoms with Crippen molar-refractivity contribution >= 4 is 11.8 Å². The number of aromatic nitrogens is 3. The molecule has 0 aromatic carbocycles. The van der Waals surface area contributed by atoms with E-state index in [1.807, 2.05) is 7.05 Å². The van der Waals surface area contributed by atoms with Crippen molar-refractivity contribution in [2.24, 2.45) is 13.0 Å². The van der Waals surface area contributed by atoms with Gasteiger partial charge < -0.3 is 0 Å². The molecule has 5 nitrogen and oxygen atoms in total. The van der Waals surface area contributed by atoms with Crippen molar-refractivity contribution in [3.05, 3.63) is 6.33 Å². The molecule has 20 heavy (non-hydrogen) atoms. The fourth-order valence-electron chi connectivity index (χ4n) is 3.06. The van der Waals surface area contributed by atoms with E-state index in [0.717, 1.165) is 36.6 Å². The normalized spacial score (nSPS) is 26.1. The predicted octanol–water partition coefficient (Wildman–Crippen LogP) is 2.36. The minimum atomic E-state index is -0.325. The van der Waals surface area contributed by atoms with Crippen LogP contribution in [0.5, 0.6) is 0 Å². The Morgan fingerprint density at radius 3 is 3.05 bits per heavy atom. The quantitative estimate of drug-likeness (QED) is 0.816. The summed E-state index contributed by atoms with van der Waals surface area (Å²) in [6.07, 6.45) is 5.89. The summed E-state index contributed by atoms with van der Waals surface area (Å²) in [7, 11) is 1.91. The second-order valence-corrected chi connectivity index (χ2v) is 6.84. The second-order valence-electron chi connectivity index (χ2n) is 5.77. The van der Waals surface area contributed by atoms with Crippen LogP contribution in [0.1, 0.15) is 39.5 Å². The molecule has 0 aliphatic heterocycles. The highest BCUT2D eigenvalue weighted by Gasteiger charge is 2.42. The van der Waals surface area contributed by atoms with E-state index in [1.54, 1.807) is 22.8 Å². The zero-order valence-corrected chi connectivity index (χ0v) is 13.3. The second kappa shape index (κ2) is 6.59. The third-order valence-electron chi connectivity index (χ3n) is 3.93. The molecule has 6 heteroatoms. The lowest BCUT2D eigenvalue weighted by molar-refractivity contribution is 0.289. The number of nitrogens with one attached hydrogen (secondary N) is 1. The molecule has 0 amide bonds. The molecule has 1 fully saturated rings. The Labute approximate surface area is 125 Å². The first-order valence-electron chi connectivity index (χ1n) is 7.23. The van der Waals surface area contributed by atoms with Crippen molar-refractivity contribution in [3.63, 3.8) is 0 Å². The zero-order chi connectivity index (χ0) is 14.6. The summed E-state index contributed by atoms with van der Waals surface area (Å²) in [5.74, 6) is 1.43. The Hall–Kier alpha value is -1.06. The minimum absolute atomic E-state index is 0.325. The number of aryl methyl sites for hydroxylation is 1. The largest absolute Gasteiger partial charge is 0.297 e. The minimum Gasteiger partial charge on any atom is -0.297 e. The third-order valence-corrected chi connectivity index (χ3v) is 5.00. The Kier molecular flexibility index (Phi) is 5.06. The molecule has 2 unspecified atom stereocenters. The van der Waals surface area contributed by atoms with Crippen molar-refractivity contribution in [1.29, 1.82) is 5.26 Å². The molecule has 1 heterocycles. The standard InChI is InChI=1S/C14H23N5S/c1-11(2)18-14(9-15)7-4-5-12(14)6-8-20-13-16-10-17-19(13)3/h10-12,18H,4-8H2,1-3H3. The van der Waals surface area contributed by atoms with Gasteiger partial charge in [0.2, 0.25) is 0 Å². The van der Waals surface area contributed by atoms with Crippen LogP contribution >= 0.6 is 11.8 Å². The first kappa shape index (κ1) is 15.3. The Balaban J connectivity index is 1.91. The van der Waals surface area contributed by atoms with E-state index in [0.29, 0.717) is 12.0 Å². The van der Waals surface area contributed by atoms with Gasteiger partial charge in [-0.3, -0.25) is 5.32 Å². The number of rotatable bonds is 6. The van der Waals surface area contributed by atoms with Gasteiger partial charge in [-0.2, -0.15) is 10.4 Å². The van der Waals surface area contributed by atoms with E-state index >= 15 is 0 Å². The summed E-state index contributed by atoms with van der Waals surface area (Å²) < 4.78 is 1.79. The van der Waals surface area contributed by atoms with Crippen LogP contribution in [0.4, 0.5) is 0 Å². The lowest BCUT2D eigenvalue weighted by atomic mass is 9.86. The molecule has 2 atom stereocenters. The first-order chi connectivity index (χ1) is 9.57. The van der Waals surface area contributed by atoms with Crippen LogP contribution in [0.3, 0.4) is 0 Å². The van der Waals surface area contributed by atoms with Gasteiger partial charge in [0.05, 0.1) is 6.07 Å². The van der Waals surface area contributed by atoms with Crippen molar-refractivity contribution in [2.75, 3.05) is 5.75 Å². The zero-order valence-electron chi connectivity index (χ0n) is 12.5. The SMILES string of the molecule is CC(C)NC1(C#N)CCCC1CCSc1ncnn1C. The lowest BCUT2D eigenvalue weighted by Crippen LogP contribution is -2.50. The predicted molar refractivity (Wildman–Crippen MR) is 80.3 cm³/mol. The average molecular weight is 293 g/mol. The van der Waals surface area contributed by atoms with E-state index in [-0.39, 0.29) is 5.54 Å². The molecule has 0 radical (unpaired) electrons. The molecule has 1 N–H and O–H groups in total. The molecule has 0 spiro atoms. The number of nitrogens with zero attached hydrogens (tertiary/aromatic N) is 4.